The van der Waals surface area contributed by atoms with Crippen molar-refractivity contribution >= 4 is 11.9 Å². The summed E-state index contributed by atoms with van der Waals surface area (Å²) < 4.78 is 16.1. The highest BCUT2D eigenvalue weighted by Gasteiger charge is 2.29. The van der Waals surface area contributed by atoms with Gasteiger partial charge in [-0.15, -0.1) is 0 Å². The summed E-state index contributed by atoms with van der Waals surface area (Å²) >= 11 is 0. The number of hydrogen-bond acceptors (Lipinski definition) is 7. The van der Waals surface area contributed by atoms with Crippen molar-refractivity contribution in [3.05, 3.63) is 0 Å². The van der Waals surface area contributed by atoms with Crippen LogP contribution in [0.25, 0.3) is 0 Å². The van der Waals surface area contributed by atoms with Gasteiger partial charge in [-0.25, -0.2) is 0 Å². The van der Waals surface area contributed by atoms with Crippen molar-refractivity contribution in [3.8, 4) is 6.07 Å². The van der Waals surface area contributed by atoms with Gasteiger partial charge in [0.25, 0.3) is 0 Å². The zero-order chi connectivity index (χ0) is 21.8. The molecule has 0 saturated heterocycles. The normalized spacial score (nSPS) is 12.4. The smallest absolute Gasteiger partial charge is 0.306 e. The van der Waals surface area contributed by atoms with E-state index in [0.717, 1.165) is 0 Å². The molecule has 0 aromatic heterocycles. The Bertz CT molecular complexity index is 494. The highest BCUT2D eigenvalue weighted by Crippen LogP contribution is 2.25. The Balaban J connectivity index is 4.68. The summed E-state index contributed by atoms with van der Waals surface area (Å²) in [5, 5.41) is 8.52. The maximum Gasteiger partial charge on any atom is 0.306 e. The number of rotatable bonds is 12. The molecule has 0 amide bonds. The maximum atomic E-state index is 12.1. The van der Waals surface area contributed by atoms with Gasteiger partial charge >= 0.3 is 11.9 Å². The summed E-state index contributed by atoms with van der Waals surface area (Å²) in [6.45, 7) is 11.8. The van der Waals surface area contributed by atoms with Gasteiger partial charge in [-0.1, -0.05) is 0 Å². The van der Waals surface area contributed by atoms with Crippen LogP contribution in [-0.2, 0) is 23.8 Å². The molecule has 0 rings (SSSR count). The van der Waals surface area contributed by atoms with Crippen LogP contribution < -0.4 is 5.73 Å². The number of carbonyl (C=O) groups is 2. The van der Waals surface area contributed by atoms with Crippen molar-refractivity contribution in [1.82, 2.24) is 0 Å². The molecule has 0 unspecified atom stereocenters. The summed E-state index contributed by atoms with van der Waals surface area (Å²) in [4.78, 5) is 24.1. The second kappa shape index (κ2) is 12.0. The van der Waals surface area contributed by atoms with E-state index < -0.39 is 16.7 Å². The van der Waals surface area contributed by atoms with Crippen LogP contribution in [0, 0.1) is 11.3 Å². The van der Waals surface area contributed by atoms with E-state index in [1.54, 1.807) is 0 Å². The highest BCUT2D eigenvalue weighted by atomic mass is 16.6. The third-order valence-corrected chi connectivity index (χ3v) is 3.82. The molecule has 0 aliphatic carbocycles. The summed E-state index contributed by atoms with van der Waals surface area (Å²) in [6, 6.07) is 2.02. The van der Waals surface area contributed by atoms with Crippen molar-refractivity contribution in [2.45, 2.75) is 103 Å². The molecule has 0 radical (unpaired) electrons. The first-order valence-corrected chi connectivity index (χ1v) is 9.94. The number of esters is 2. The lowest BCUT2D eigenvalue weighted by molar-refractivity contribution is -0.155. The standard InChI is InChI=1S/C21H38N2O5/c1-19(2,3)27-17(24)9-12-21(23,11-7-15-26-16-8-14-22)13-10-18(25)28-20(4,5)6/h7-13,15-16,23H2,1-6H3. The minimum Gasteiger partial charge on any atom is -0.460 e. The Morgan fingerprint density at radius 2 is 1.32 bits per heavy atom. The molecule has 0 spiro atoms. The van der Waals surface area contributed by atoms with Crippen molar-refractivity contribution < 1.29 is 23.8 Å². The average Bonchev–Trinajstić information content (AvgIpc) is 2.51. The lowest BCUT2D eigenvalue weighted by atomic mass is 9.85. The molecular weight excluding hydrogens is 360 g/mol. The number of nitrogens with zero attached hydrogens (tertiary/aromatic N) is 1. The van der Waals surface area contributed by atoms with Gasteiger partial charge in [0.1, 0.15) is 11.2 Å². The van der Waals surface area contributed by atoms with E-state index in [9.17, 15) is 9.59 Å². The highest BCUT2D eigenvalue weighted by molar-refractivity contribution is 5.70. The molecule has 0 aromatic carbocycles. The molecule has 2 N–H and O–H groups in total. The number of ether oxygens (including phenoxy) is 3. The summed E-state index contributed by atoms with van der Waals surface area (Å²) in [5.74, 6) is -0.602. The largest absolute Gasteiger partial charge is 0.460 e. The molecule has 162 valence electrons. The SMILES string of the molecule is CC(C)(C)OC(=O)CCC(N)(CCCOCCC#N)CCC(=O)OC(C)(C)C. The molecule has 0 atom stereocenters. The van der Waals surface area contributed by atoms with E-state index >= 15 is 0 Å². The minimum absolute atomic E-state index is 0.192. The first kappa shape index (κ1) is 26.4. The fourth-order valence-corrected chi connectivity index (χ4v) is 2.61. The Hall–Kier alpha value is -1.65. The van der Waals surface area contributed by atoms with E-state index in [2.05, 4.69) is 0 Å². The fraction of sp³-hybridized carbons (Fsp3) is 0.857. The Kier molecular flexibility index (Phi) is 11.3. The predicted octanol–water partition coefficient (Wildman–Crippen LogP) is 3.64. The minimum atomic E-state index is -0.688. The van der Waals surface area contributed by atoms with Gasteiger partial charge in [0, 0.05) is 25.0 Å². The van der Waals surface area contributed by atoms with Crippen LogP contribution >= 0.6 is 0 Å². The lowest BCUT2D eigenvalue weighted by Crippen LogP contribution is -2.42. The molecule has 0 saturated carbocycles. The first-order chi connectivity index (χ1) is 12.8. The molecule has 7 heteroatoms. The monoisotopic (exact) mass is 398 g/mol. The summed E-state index contributed by atoms with van der Waals surface area (Å²) in [6.07, 6.45) is 2.86. The molecule has 0 aromatic rings. The summed E-state index contributed by atoms with van der Waals surface area (Å²) in [5.41, 5.74) is 4.77. The van der Waals surface area contributed by atoms with E-state index in [1.807, 2.05) is 47.6 Å². The number of carbonyl (C=O) groups excluding carboxylic acids is 2. The van der Waals surface area contributed by atoms with E-state index in [-0.39, 0.29) is 24.8 Å². The van der Waals surface area contributed by atoms with Gasteiger partial charge in [0.2, 0.25) is 0 Å². The maximum absolute atomic E-state index is 12.1. The van der Waals surface area contributed by atoms with Crippen LogP contribution in [0.1, 0.15) is 86.5 Å². The van der Waals surface area contributed by atoms with Crippen molar-refractivity contribution in [1.29, 1.82) is 5.26 Å². The second-order valence-electron chi connectivity index (χ2n) is 9.16. The lowest BCUT2D eigenvalue weighted by Gasteiger charge is -2.30. The molecule has 0 fully saturated rings. The molecule has 0 aliphatic rings. The van der Waals surface area contributed by atoms with Crippen molar-refractivity contribution in [2.75, 3.05) is 13.2 Å². The van der Waals surface area contributed by atoms with Crippen molar-refractivity contribution in [3.63, 3.8) is 0 Å². The molecule has 0 heterocycles. The Morgan fingerprint density at radius 1 is 0.857 bits per heavy atom. The van der Waals surface area contributed by atoms with Crippen LogP contribution in [-0.4, -0.2) is 41.9 Å². The van der Waals surface area contributed by atoms with Gasteiger partial charge in [0.05, 0.1) is 19.1 Å². The van der Waals surface area contributed by atoms with E-state index in [0.29, 0.717) is 45.3 Å². The van der Waals surface area contributed by atoms with E-state index in [1.165, 1.54) is 0 Å². The zero-order valence-electron chi connectivity index (χ0n) is 18.4. The number of hydrogen-bond donors (Lipinski definition) is 1. The summed E-state index contributed by atoms with van der Waals surface area (Å²) in [7, 11) is 0. The van der Waals surface area contributed by atoms with Crippen LogP contribution in [0.4, 0.5) is 0 Å². The molecule has 28 heavy (non-hydrogen) atoms. The van der Waals surface area contributed by atoms with E-state index in [4.69, 9.17) is 25.2 Å². The topological polar surface area (TPSA) is 112 Å². The predicted molar refractivity (Wildman–Crippen MR) is 107 cm³/mol. The number of nitriles is 1. The van der Waals surface area contributed by atoms with Gasteiger partial charge in [-0.3, -0.25) is 9.59 Å². The van der Waals surface area contributed by atoms with Gasteiger partial charge in [-0.05, 0) is 67.2 Å². The van der Waals surface area contributed by atoms with Crippen LogP contribution in [0.15, 0.2) is 0 Å². The Labute approximate surface area is 169 Å². The quantitative estimate of drug-likeness (QED) is 0.394. The van der Waals surface area contributed by atoms with Gasteiger partial charge in [0.15, 0.2) is 0 Å². The van der Waals surface area contributed by atoms with Crippen molar-refractivity contribution in [2.24, 2.45) is 5.73 Å². The second-order valence-corrected chi connectivity index (χ2v) is 9.16. The zero-order valence-corrected chi connectivity index (χ0v) is 18.4. The third-order valence-electron chi connectivity index (χ3n) is 3.82. The first-order valence-electron chi connectivity index (χ1n) is 9.94. The number of nitrogens with two attached hydrogens (primary N) is 1. The molecule has 0 aliphatic heterocycles. The van der Waals surface area contributed by atoms with Gasteiger partial charge < -0.3 is 19.9 Å². The Morgan fingerprint density at radius 3 is 1.71 bits per heavy atom. The average molecular weight is 399 g/mol. The van der Waals surface area contributed by atoms with Crippen LogP contribution in [0.3, 0.4) is 0 Å². The van der Waals surface area contributed by atoms with Crippen LogP contribution in [0.5, 0.6) is 0 Å². The third kappa shape index (κ3) is 15.4. The fourth-order valence-electron chi connectivity index (χ4n) is 2.61. The van der Waals surface area contributed by atoms with Gasteiger partial charge in [-0.2, -0.15) is 5.26 Å². The van der Waals surface area contributed by atoms with Crippen LogP contribution in [0.2, 0.25) is 0 Å². The molecule has 7 nitrogen and oxygen atoms in total. The molecule has 0 bridgehead atoms. The molecular formula is C21H38N2O5.